The van der Waals surface area contributed by atoms with Crippen molar-refractivity contribution in [2.75, 3.05) is 13.1 Å². The van der Waals surface area contributed by atoms with E-state index in [2.05, 4.69) is 11.8 Å². The van der Waals surface area contributed by atoms with E-state index in [4.69, 9.17) is 28.9 Å². The van der Waals surface area contributed by atoms with Crippen LogP contribution in [0.1, 0.15) is 44.2 Å². The second kappa shape index (κ2) is 6.94. The van der Waals surface area contributed by atoms with Gasteiger partial charge in [0.15, 0.2) is 0 Å². The molecule has 19 heavy (non-hydrogen) atoms. The Balaban J connectivity index is 2.34. The lowest BCUT2D eigenvalue weighted by Gasteiger charge is -2.34. The van der Waals surface area contributed by atoms with Crippen LogP contribution in [-0.2, 0) is 0 Å². The highest BCUT2D eigenvalue weighted by atomic mass is 35.5. The Labute approximate surface area is 125 Å². The first kappa shape index (κ1) is 15.1. The van der Waals surface area contributed by atoms with Gasteiger partial charge in [0.05, 0.1) is 6.04 Å². The molecule has 0 bridgehead atoms. The Morgan fingerprint density at radius 2 is 2.11 bits per heavy atom. The SMILES string of the molecule is CCCN1CCCCC(N)C1c1ccc(Cl)cc1Cl. The van der Waals surface area contributed by atoms with E-state index in [9.17, 15) is 0 Å². The number of halogens is 2. The molecule has 0 aromatic heterocycles. The maximum Gasteiger partial charge on any atom is 0.0513 e. The third kappa shape index (κ3) is 3.63. The molecule has 2 nitrogen and oxygen atoms in total. The van der Waals surface area contributed by atoms with Crippen molar-refractivity contribution in [3.63, 3.8) is 0 Å². The summed E-state index contributed by atoms with van der Waals surface area (Å²) in [5, 5.41) is 1.41. The van der Waals surface area contributed by atoms with E-state index in [0.29, 0.717) is 5.02 Å². The Hall–Kier alpha value is -0.280. The standard InChI is InChI=1S/C15H22Cl2N2/c1-2-8-19-9-4-3-5-14(18)15(19)12-7-6-11(16)10-13(12)17/h6-7,10,14-15H,2-5,8-9,18H2,1H3. The van der Waals surface area contributed by atoms with Gasteiger partial charge in [0.25, 0.3) is 0 Å². The minimum absolute atomic E-state index is 0.146. The summed E-state index contributed by atoms with van der Waals surface area (Å²) in [6, 6.07) is 6.12. The molecule has 1 saturated heterocycles. The van der Waals surface area contributed by atoms with Crippen LogP contribution in [0.25, 0.3) is 0 Å². The van der Waals surface area contributed by atoms with E-state index < -0.39 is 0 Å². The summed E-state index contributed by atoms with van der Waals surface area (Å²) in [6.07, 6.45) is 4.61. The van der Waals surface area contributed by atoms with E-state index in [1.807, 2.05) is 18.2 Å². The molecular formula is C15H22Cl2N2. The van der Waals surface area contributed by atoms with E-state index in [1.165, 1.54) is 12.8 Å². The number of nitrogens with zero attached hydrogens (tertiary/aromatic N) is 1. The van der Waals surface area contributed by atoms with E-state index in [-0.39, 0.29) is 12.1 Å². The summed E-state index contributed by atoms with van der Waals surface area (Å²) in [6.45, 7) is 4.37. The van der Waals surface area contributed by atoms with Gasteiger partial charge in [-0.2, -0.15) is 0 Å². The predicted molar refractivity (Wildman–Crippen MR) is 82.9 cm³/mol. The molecule has 2 unspecified atom stereocenters. The topological polar surface area (TPSA) is 29.3 Å². The van der Waals surface area contributed by atoms with Gasteiger partial charge in [-0.25, -0.2) is 0 Å². The zero-order chi connectivity index (χ0) is 13.8. The van der Waals surface area contributed by atoms with Crippen molar-refractivity contribution in [1.29, 1.82) is 0 Å². The fourth-order valence-electron chi connectivity index (χ4n) is 2.97. The summed E-state index contributed by atoms with van der Waals surface area (Å²) in [7, 11) is 0. The number of hydrogen-bond acceptors (Lipinski definition) is 2. The molecule has 0 spiro atoms. The smallest absolute Gasteiger partial charge is 0.0513 e. The monoisotopic (exact) mass is 300 g/mol. The van der Waals surface area contributed by atoms with Gasteiger partial charge in [-0.15, -0.1) is 0 Å². The van der Waals surface area contributed by atoms with Crippen LogP contribution in [0.5, 0.6) is 0 Å². The Morgan fingerprint density at radius 3 is 2.79 bits per heavy atom. The van der Waals surface area contributed by atoms with Gasteiger partial charge in [-0.3, -0.25) is 4.90 Å². The minimum atomic E-state index is 0.146. The number of hydrogen-bond donors (Lipinski definition) is 1. The van der Waals surface area contributed by atoms with Crippen LogP contribution in [0, 0.1) is 0 Å². The molecule has 2 N–H and O–H groups in total. The average Bonchev–Trinajstić information content (AvgIpc) is 2.53. The maximum atomic E-state index is 6.41. The van der Waals surface area contributed by atoms with Crippen LogP contribution in [0.15, 0.2) is 18.2 Å². The van der Waals surface area contributed by atoms with E-state index in [1.54, 1.807) is 0 Å². The Morgan fingerprint density at radius 1 is 1.32 bits per heavy atom. The van der Waals surface area contributed by atoms with Gasteiger partial charge in [-0.05, 0) is 50.0 Å². The molecule has 1 aliphatic rings. The van der Waals surface area contributed by atoms with Crippen LogP contribution in [0.3, 0.4) is 0 Å². The summed E-state index contributed by atoms with van der Waals surface area (Å²) in [5.74, 6) is 0. The molecule has 1 fully saturated rings. The lowest BCUT2D eigenvalue weighted by atomic mass is 9.96. The third-order valence-corrected chi connectivity index (χ3v) is 4.39. The molecular weight excluding hydrogens is 279 g/mol. The summed E-state index contributed by atoms with van der Waals surface area (Å²) >= 11 is 12.4. The number of nitrogens with two attached hydrogens (primary N) is 1. The second-order valence-corrected chi connectivity index (χ2v) is 6.15. The quantitative estimate of drug-likeness (QED) is 0.904. The molecule has 0 saturated carbocycles. The lowest BCUT2D eigenvalue weighted by molar-refractivity contribution is 0.186. The fraction of sp³-hybridized carbons (Fsp3) is 0.600. The molecule has 2 atom stereocenters. The van der Waals surface area contributed by atoms with Gasteiger partial charge in [0, 0.05) is 16.1 Å². The zero-order valence-corrected chi connectivity index (χ0v) is 12.9. The van der Waals surface area contributed by atoms with Gasteiger partial charge in [0.1, 0.15) is 0 Å². The highest BCUT2D eigenvalue weighted by Gasteiger charge is 2.29. The zero-order valence-electron chi connectivity index (χ0n) is 11.4. The molecule has 1 aliphatic heterocycles. The summed E-state index contributed by atoms with van der Waals surface area (Å²) in [5.41, 5.74) is 7.52. The van der Waals surface area contributed by atoms with Gasteiger partial charge in [0.2, 0.25) is 0 Å². The van der Waals surface area contributed by atoms with Crippen molar-refractivity contribution in [3.05, 3.63) is 33.8 Å². The van der Waals surface area contributed by atoms with Crippen LogP contribution in [0.2, 0.25) is 10.0 Å². The average molecular weight is 301 g/mol. The molecule has 0 amide bonds. The summed E-state index contributed by atoms with van der Waals surface area (Å²) < 4.78 is 0. The normalized spacial score (nSPS) is 25.3. The Bertz CT molecular complexity index is 423. The summed E-state index contributed by atoms with van der Waals surface area (Å²) in [4.78, 5) is 2.48. The molecule has 106 valence electrons. The van der Waals surface area contributed by atoms with Crippen LogP contribution < -0.4 is 5.73 Å². The first-order valence-corrected chi connectivity index (χ1v) is 7.83. The van der Waals surface area contributed by atoms with Crippen molar-refractivity contribution in [2.45, 2.75) is 44.7 Å². The van der Waals surface area contributed by atoms with Crippen molar-refractivity contribution in [3.8, 4) is 0 Å². The highest BCUT2D eigenvalue weighted by molar-refractivity contribution is 6.35. The molecule has 4 heteroatoms. The van der Waals surface area contributed by atoms with Gasteiger partial charge >= 0.3 is 0 Å². The van der Waals surface area contributed by atoms with Gasteiger partial charge < -0.3 is 5.73 Å². The van der Waals surface area contributed by atoms with Crippen molar-refractivity contribution in [2.24, 2.45) is 5.73 Å². The molecule has 0 aliphatic carbocycles. The number of rotatable bonds is 3. The number of benzene rings is 1. The molecule has 1 aromatic carbocycles. The fourth-order valence-corrected chi connectivity index (χ4v) is 3.49. The molecule has 0 radical (unpaired) electrons. The maximum absolute atomic E-state index is 6.41. The first-order chi connectivity index (χ1) is 9.13. The lowest BCUT2D eigenvalue weighted by Crippen LogP contribution is -2.40. The number of likely N-dealkylation sites (tertiary alicyclic amines) is 1. The first-order valence-electron chi connectivity index (χ1n) is 7.08. The predicted octanol–water partition coefficient (Wildman–Crippen LogP) is 4.26. The molecule has 1 heterocycles. The highest BCUT2D eigenvalue weighted by Crippen LogP contribution is 2.34. The van der Waals surface area contributed by atoms with Crippen LogP contribution in [-0.4, -0.2) is 24.0 Å². The van der Waals surface area contributed by atoms with E-state index >= 15 is 0 Å². The minimum Gasteiger partial charge on any atom is -0.326 e. The largest absolute Gasteiger partial charge is 0.326 e. The third-order valence-electron chi connectivity index (χ3n) is 3.82. The van der Waals surface area contributed by atoms with Crippen molar-refractivity contribution >= 4 is 23.2 Å². The van der Waals surface area contributed by atoms with Crippen molar-refractivity contribution < 1.29 is 0 Å². The second-order valence-electron chi connectivity index (χ2n) is 5.31. The van der Waals surface area contributed by atoms with Crippen LogP contribution in [0.4, 0.5) is 0 Å². The van der Waals surface area contributed by atoms with Crippen molar-refractivity contribution in [1.82, 2.24) is 4.90 Å². The molecule has 2 rings (SSSR count). The molecule has 1 aromatic rings. The van der Waals surface area contributed by atoms with Crippen LogP contribution >= 0.6 is 23.2 Å². The van der Waals surface area contributed by atoms with Gasteiger partial charge in [-0.1, -0.05) is 42.6 Å². The van der Waals surface area contributed by atoms with E-state index in [0.717, 1.165) is 36.5 Å². The Kier molecular flexibility index (Phi) is 5.52.